The maximum absolute atomic E-state index is 10.5. The summed E-state index contributed by atoms with van der Waals surface area (Å²) in [4.78, 5) is 10.5. The second-order valence-electron chi connectivity index (χ2n) is 3.26. The van der Waals surface area contributed by atoms with Crippen molar-refractivity contribution in [1.82, 2.24) is 5.43 Å². The predicted molar refractivity (Wildman–Crippen MR) is 67.6 cm³/mol. The van der Waals surface area contributed by atoms with E-state index in [1.807, 2.05) is 6.92 Å². The fraction of sp³-hybridized carbons (Fsp3) is 0.273. The molecule has 0 atom stereocenters. The van der Waals surface area contributed by atoms with Gasteiger partial charge in [0.25, 0.3) is 0 Å². The molecule has 5 nitrogen and oxygen atoms in total. The van der Waals surface area contributed by atoms with Crippen LogP contribution < -0.4 is 15.9 Å². The summed E-state index contributed by atoms with van der Waals surface area (Å²) in [5.74, 6) is 0.659. The van der Waals surface area contributed by atoms with E-state index in [0.29, 0.717) is 22.9 Å². The maximum Gasteiger partial charge on any atom is 0.332 e. The molecule has 0 bridgehead atoms. The van der Waals surface area contributed by atoms with Crippen molar-refractivity contribution < 1.29 is 9.53 Å². The van der Waals surface area contributed by atoms with E-state index in [9.17, 15) is 4.79 Å². The summed E-state index contributed by atoms with van der Waals surface area (Å²) < 4.78 is 5.50. The third-order valence-corrected chi connectivity index (χ3v) is 2.05. The van der Waals surface area contributed by atoms with Crippen molar-refractivity contribution in [1.29, 1.82) is 0 Å². The van der Waals surface area contributed by atoms with Crippen LogP contribution in [0.4, 0.5) is 4.79 Å². The van der Waals surface area contributed by atoms with Crippen LogP contribution in [0.5, 0.6) is 5.75 Å². The lowest BCUT2D eigenvalue weighted by molar-refractivity contribution is 0.249. The Labute approximate surface area is 105 Å². The van der Waals surface area contributed by atoms with Crippen LogP contribution in [-0.4, -0.2) is 18.9 Å². The van der Waals surface area contributed by atoms with Gasteiger partial charge in [-0.25, -0.2) is 10.2 Å². The van der Waals surface area contributed by atoms with Gasteiger partial charge in [0.2, 0.25) is 0 Å². The van der Waals surface area contributed by atoms with Crippen molar-refractivity contribution in [2.24, 2.45) is 10.8 Å². The van der Waals surface area contributed by atoms with Crippen LogP contribution in [-0.2, 0) is 0 Å². The number of primary amides is 1. The molecule has 0 spiro atoms. The van der Waals surface area contributed by atoms with Crippen LogP contribution in [0.3, 0.4) is 0 Å². The van der Waals surface area contributed by atoms with E-state index in [1.54, 1.807) is 18.2 Å². The second-order valence-corrected chi connectivity index (χ2v) is 3.70. The molecule has 3 N–H and O–H groups in total. The summed E-state index contributed by atoms with van der Waals surface area (Å²) >= 11 is 5.86. The highest BCUT2D eigenvalue weighted by molar-refractivity contribution is 6.30. The van der Waals surface area contributed by atoms with Gasteiger partial charge in [-0.15, -0.1) is 0 Å². The quantitative estimate of drug-likeness (QED) is 0.625. The van der Waals surface area contributed by atoms with Gasteiger partial charge in [0.15, 0.2) is 0 Å². The number of benzene rings is 1. The van der Waals surface area contributed by atoms with Gasteiger partial charge in [-0.05, 0) is 24.6 Å². The topological polar surface area (TPSA) is 76.7 Å². The van der Waals surface area contributed by atoms with E-state index in [1.165, 1.54) is 6.21 Å². The van der Waals surface area contributed by atoms with Gasteiger partial charge in [-0.3, -0.25) is 0 Å². The number of hydrogen-bond donors (Lipinski definition) is 2. The van der Waals surface area contributed by atoms with E-state index in [2.05, 4.69) is 10.5 Å². The van der Waals surface area contributed by atoms with E-state index in [4.69, 9.17) is 22.1 Å². The zero-order valence-electron chi connectivity index (χ0n) is 9.44. The Morgan fingerprint density at radius 1 is 1.65 bits per heavy atom. The molecular weight excluding hydrogens is 242 g/mol. The van der Waals surface area contributed by atoms with Gasteiger partial charge in [0.1, 0.15) is 5.75 Å². The Balaban J connectivity index is 2.82. The van der Waals surface area contributed by atoms with Crippen molar-refractivity contribution in [3.05, 3.63) is 28.8 Å². The minimum absolute atomic E-state index is 0.564. The summed E-state index contributed by atoms with van der Waals surface area (Å²) in [5, 5.41) is 4.23. The molecule has 17 heavy (non-hydrogen) atoms. The summed E-state index contributed by atoms with van der Waals surface area (Å²) in [5.41, 5.74) is 7.67. The Morgan fingerprint density at radius 3 is 3.06 bits per heavy atom. The third kappa shape index (κ3) is 4.74. The average Bonchev–Trinajstić information content (AvgIpc) is 2.27. The van der Waals surface area contributed by atoms with E-state index in [-0.39, 0.29) is 0 Å². The van der Waals surface area contributed by atoms with Crippen LogP contribution in [0.15, 0.2) is 23.3 Å². The number of hydrazone groups is 1. The highest BCUT2D eigenvalue weighted by Gasteiger charge is 2.02. The Kier molecular flexibility index (Phi) is 5.29. The highest BCUT2D eigenvalue weighted by atomic mass is 35.5. The monoisotopic (exact) mass is 255 g/mol. The summed E-state index contributed by atoms with van der Waals surface area (Å²) in [6.45, 7) is 2.62. The van der Waals surface area contributed by atoms with Crippen molar-refractivity contribution in [2.75, 3.05) is 6.61 Å². The van der Waals surface area contributed by atoms with Crippen LogP contribution in [0, 0.1) is 0 Å². The molecule has 0 saturated heterocycles. The first kappa shape index (κ1) is 13.3. The van der Waals surface area contributed by atoms with E-state index >= 15 is 0 Å². The van der Waals surface area contributed by atoms with Crippen molar-refractivity contribution >= 4 is 23.8 Å². The molecule has 1 aromatic carbocycles. The number of hydrogen-bond acceptors (Lipinski definition) is 3. The fourth-order valence-corrected chi connectivity index (χ4v) is 1.31. The highest BCUT2D eigenvalue weighted by Crippen LogP contribution is 2.21. The van der Waals surface area contributed by atoms with E-state index < -0.39 is 6.03 Å². The van der Waals surface area contributed by atoms with Gasteiger partial charge in [-0.1, -0.05) is 18.5 Å². The van der Waals surface area contributed by atoms with Gasteiger partial charge in [0.05, 0.1) is 12.8 Å². The maximum atomic E-state index is 10.5. The molecule has 0 aromatic heterocycles. The number of nitrogens with zero attached hydrogens (tertiary/aromatic N) is 1. The molecule has 0 radical (unpaired) electrons. The lowest BCUT2D eigenvalue weighted by Crippen LogP contribution is -2.24. The second kappa shape index (κ2) is 6.75. The van der Waals surface area contributed by atoms with Crippen molar-refractivity contribution in [3.63, 3.8) is 0 Å². The number of rotatable bonds is 5. The first-order valence-electron chi connectivity index (χ1n) is 5.14. The van der Waals surface area contributed by atoms with Gasteiger partial charge < -0.3 is 10.5 Å². The molecule has 0 unspecified atom stereocenters. The number of amides is 2. The van der Waals surface area contributed by atoms with Gasteiger partial charge in [0, 0.05) is 10.6 Å². The third-order valence-electron chi connectivity index (χ3n) is 1.81. The summed E-state index contributed by atoms with van der Waals surface area (Å²) in [6.07, 6.45) is 2.33. The smallest absolute Gasteiger partial charge is 0.332 e. The molecule has 0 heterocycles. The minimum Gasteiger partial charge on any atom is -0.493 e. The number of urea groups is 1. The molecule has 0 aliphatic carbocycles. The fourth-order valence-electron chi connectivity index (χ4n) is 1.13. The molecule has 0 aliphatic heterocycles. The largest absolute Gasteiger partial charge is 0.493 e. The zero-order chi connectivity index (χ0) is 12.7. The Morgan fingerprint density at radius 2 is 2.41 bits per heavy atom. The predicted octanol–water partition coefficient (Wildman–Crippen LogP) is 2.13. The van der Waals surface area contributed by atoms with Crippen molar-refractivity contribution in [2.45, 2.75) is 13.3 Å². The lowest BCUT2D eigenvalue weighted by atomic mass is 10.2. The molecule has 6 heteroatoms. The minimum atomic E-state index is -0.723. The molecule has 1 aromatic rings. The summed E-state index contributed by atoms with van der Waals surface area (Å²) in [6, 6.07) is 4.45. The zero-order valence-corrected chi connectivity index (χ0v) is 10.2. The number of carbonyl (C=O) groups is 1. The van der Waals surface area contributed by atoms with Gasteiger partial charge in [-0.2, -0.15) is 5.10 Å². The Hall–Kier alpha value is -1.75. The molecule has 0 saturated carbocycles. The first-order valence-corrected chi connectivity index (χ1v) is 5.52. The van der Waals surface area contributed by atoms with Crippen molar-refractivity contribution in [3.8, 4) is 5.75 Å². The first-order chi connectivity index (χ1) is 8.13. The van der Waals surface area contributed by atoms with Gasteiger partial charge >= 0.3 is 6.03 Å². The number of ether oxygens (including phenoxy) is 1. The average molecular weight is 256 g/mol. The number of carbonyl (C=O) groups excluding carboxylic acids is 1. The molecule has 0 fully saturated rings. The van der Waals surface area contributed by atoms with Crippen LogP contribution in [0.2, 0.25) is 5.02 Å². The number of nitrogens with two attached hydrogens (primary N) is 1. The Bertz CT molecular complexity index is 421. The SMILES string of the molecule is CCCOc1ccc(Cl)cc1C=NNC(N)=O. The molecule has 0 aliphatic rings. The standard InChI is InChI=1S/C11H14ClN3O2/c1-2-5-17-10-4-3-9(12)6-8(10)7-14-15-11(13)16/h3-4,6-7H,2,5H2,1H3,(H3,13,15,16). The van der Waals surface area contributed by atoms with Crippen LogP contribution in [0.25, 0.3) is 0 Å². The molecule has 2 amide bonds. The molecule has 1 rings (SSSR count). The number of halogens is 1. The van der Waals surface area contributed by atoms with Crippen LogP contribution >= 0.6 is 11.6 Å². The van der Waals surface area contributed by atoms with E-state index in [0.717, 1.165) is 6.42 Å². The normalized spacial score (nSPS) is 10.5. The molecule has 92 valence electrons. The lowest BCUT2D eigenvalue weighted by Gasteiger charge is -2.07. The molecular formula is C11H14ClN3O2. The summed E-state index contributed by atoms with van der Waals surface area (Å²) in [7, 11) is 0. The number of nitrogens with one attached hydrogen (secondary N) is 1. The van der Waals surface area contributed by atoms with Crippen LogP contribution in [0.1, 0.15) is 18.9 Å².